The van der Waals surface area contributed by atoms with Gasteiger partial charge in [-0.1, -0.05) is 184 Å². The first-order valence-corrected chi connectivity index (χ1v) is 23.5. The smallest absolute Gasteiger partial charge is 0.306 e. The van der Waals surface area contributed by atoms with Crippen molar-refractivity contribution in [3.05, 3.63) is 72.9 Å². The van der Waals surface area contributed by atoms with Gasteiger partial charge in [0.2, 0.25) is 0 Å². The summed E-state index contributed by atoms with van der Waals surface area (Å²) in [6.45, 7) is 7.61. The molecule has 1 atom stereocenters. The Morgan fingerprint density at radius 2 is 0.804 bits per heavy atom. The van der Waals surface area contributed by atoms with Crippen molar-refractivity contribution in [3.63, 3.8) is 0 Å². The van der Waals surface area contributed by atoms with E-state index in [1.54, 1.807) is 0 Å². The van der Waals surface area contributed by atoms with Crippen molar-refractivity contribution in [2.75, 3.05) is 19.8 Å². The molecule has 0 aromatic carbocycles. The minimum absolute atomic E-state index is 0.0643. The molecule has 0 rings (SSSR count). The van der Waals surface area contributed by atoms with Crippen LogP contribution in [0.15, 0.2) is 72.9 Å². The van der Waals surface area contributed by atoms with Crippen LogP contribution in [0.1, 0.15) is 213 Å². The second kappa shape index (κ2) is 46.7. The standard InChI is InChI=1S/C51H88O5/c1-4-7-10-13-16-18-20-22-24-25-26-27-28-29-31-33-36-38-41-44-50(52)55-48-49(56-51(53)45-42-39-35-15-12-9-6-3)47-54-46-43-40-37-34-32-30-23-21-19-17-14-11-8-5-2/h7,10,16,18-19,21-22,24,26-27,29,31,49H,4-6,8-9,11-15,17,20,23,25,28,30,32-48H2,1-3H3/b10-7-,18-16-,21-19-,24-22-,27-26-,31-29-. The molecule has 0 aliphatic rings. The quantitative estimate of drug-likeness (QED) is 0.0351. The van der Waals surface area contributed by atoms with Gasteiger partial charge in [0.25, 0.3) is 0 Å². The van der Waals surface area contributed by atoms with Gasteiger partial charge in [-0.3, -0.25) is 9.59 Å². The summed E-state index contributed by atoms with van der Waals surface area (Å²) in [5.74, 6) is -0.444. The first-order valence-electron chi connectivity index (χ1n) is 23.5. The van der Waals surface area contributed by atoms with E-state index in [4.69, 9.17) is 14.2 Å². The molecule has 322 valence electrons. The van der Waals surface area contributed by atoms with Crippen molar-refractivity contribution < 1.29 is 23.8 Å². The lowest BCUT2D eigenvalue weighted by Crippen LogP contribution is -2.30. The number of ether oxygens (including phenoxy) is 3. The van der Waals surface area contributed by atoms with Crippen molar-refractivity contribution in [3.8, 4) is 0 Å². The number of hydrogen-bond donors (Lipinski definition) is 0. The molecular formula is C51H88O5. The largest absolute Gasteiger partial charge is 0.462 e. The van der Waals surface area contributed by atoms with Crippen LogP contribution in [0.4, 0.5) is 0 Å². The van der Waals surface area contributed by atoms with E-state index in [1.807, 2.05) is 0 Å². The van der Waals surface area contributed by atoms with Crippen LogP contribution in [0.5, 0.6) is 0 Å². The molecule has 1 unspecified atom stereocenters. The Morgan fingerprint density at radius 1 is 0.411 bits per heavy atom. The van der Waals surface area contributed by atoms with Crippen LogP contribution >= 0.6 is 0 Å². The van der Waals surface area contributed by atoms with Gasteiger partial charge in [-0.25, -0.2) is 0 Å². The monoisotopic (exact) mass is 781 g/mol. The van der Waals surface area contributed by atoms with Crippen LogP contribution in [0, 0.1) is 0 Å². The molecule has 0 aromatic heterocycles. The van der Waals surface area contributed by atoms with E-state index < -0.39 is 6.10 Å². The summed E-state index contributed by atoms with van der Waals surface area (Å²) in [4.78, 5) is 25.1. The van der Waals surface area contributed by atoms with Crippen molar-refractivity contribution in [2.45, 2.75) is 219 Å². The summed E-state index contributed by atoms with van der Waals surface area (Å²) in [7, 11) is 0. The van der Waals surface area contributed by atoms with Gasteiger partial charge in [-0.05, 0) is 89.9 Å². The molecule has 0 saturated carbocycles. The fraction of sp³-hybridized carbons (Fsp3) is 0.725. The molecular weight excluding hydrogens is 693 g/mol. The molecule has 0 fully saturated rings. The Labute approximate surface area is 347 Å². The van der Waals surface area contributed by atoms with Crippen molar-refractivity contribution in [2.24, 2.45) is 0 Å². The Balaban J connectivity index is 4.22. The second-order valence-electron chi connectivity index (χ2n) is 15.3. The summed E-state index contributed by atoms with van der Waals surface area (Å²) in [6.07, 6.45) is 59.1. The van der Waals surface area contributed by atoms with Gasteiger partial charge in [0.1, 0.15) is 6.61 Å². The lowest BCUT2D eigenvalue weighted by atomic mass is 10.1. The molecule has 56 heavy (non-hydrogen) atoms. The molecule has 0 bridgehead atoms. The van der Waals surface area contributed by atoms with Gasteiger partial charge < -0.3 is 14.2 Å². The highest BCUT2D eigenvalue weighted by Crippen LogP contribution is 2.12. The van der Waals surface area contributed by atoms with Gasteiger partial charge in [0.15, 0.2) is 6.10 Å². The molecule has 0 radical (unpaired) electrons. The van der Waals surface area contributed by atoms with Crippen LogP contribution in [0.3, 0.4) is 0 Å². The Kier molecular flexibility index (Phi) is 44.5. The van der Waals surface area contributed by atoms with E-state index in [0.29, 0.717) is 19.4 Å². The maximum absolute atomic E-state index is 12.6. The summed E-state index contributed by atoms with van der Waals surface area (Å²) in [6, 6.07) is 0. The normalized spacial score (nSPS) is 12.8. The number of unbranched alkanes of at least 4 members (excludes halogenated alkanes) is 19. The minimum Gasteiger partial charge on any atom is -0.462 e. The molecule has 5 nitrogen and oxygen atoms in total. The van der Waals surface area contributed by atoms with Crippen LogP contribution < -0.4 is 0 Å². The maximum atomic E-state index is 12.6. The molecule has 0 aliphatic heterocycles. The van der Waals surface area contributed by atoms with E-state index in [1.165, 1.54) is 89.9 Å². The summed E-state index contributed by atoms with van der Waals surface area (Å²) >= 11 is 0. The first-order chi connectivity index (χ1) is 27.6. The third-order valence-corrected chi connectivity index (χ3v) is 9.73. The molecule has 0 amide bonds. The van der Waals surface area contributed by atoms with Crippen LogP contribution in [-0.2, 0) is 23.8 Å². The third-order valence-electron chi connectivity index (χ3n) is 9.73. The average molecular weight is 781 g/mol. The van der Waals surface area contributed by atoms with E-state index in [9.17, 15) is 9.59 Å². The Morgan fingerprint density at radius 3 is 1.34 bits per heavy atom. The molecule has 0 aromatic rings. The second-order valence-corrected chi connectivity index (χ2v) is 15.3. The zero-order valence-corrected chi connectivity index (χ0v) is 36.9. The fourth-order valence-corrected chi connectivity index (χ4v) is 6.24. The highest BCUT2D eigenvalue weighted by molar-refractivity contribution is 5.70. The molecule has 0 saturated heterocycles. The van der Waals surface area contributed by atoms with E-state index in [-0.39, 0.29) is 25.2 Å². The summed E-state index contributed by atoms with van der Waals surface area (Å²) in [5, 5.41) is 0. The fourth-order valence-electron chi connectivity index (χ4n) is 6.24. The number of hydrogen-bond acceptors (Lipinski definition) is 5. The lowest BCUT2D eigenvalue weighted by Gasteiger charge is -2.18. The van der Waals surface area contributed by atoms with Crippen LogP contribution in [0.2, 0.25) is 0 Å². The lowest BCUT2D eigenvalue weighted by molar-refractivity contribution is -0.163. The number of esters is 2. The topological polar surface area (TPSA) is 61.8 Å². The molecule has 5 heteroatoms. The molecule has 0 spiro atoms. The molecule has 0 N–H and O–H groups in total. The number of carbonyl (C=O) groups excluding carboxylic acids is 2. The summed E-state index contributed by atoms with van der Waals surface area (Å²) < 4.78 is 17.2. The number of carbonyl (C=O) groups is 2. The predicted molar refractivity (Wildman–Crippen MR) is 242 cm³/mol. The number of allylic oxidation sites excluding steroid dienone is 12. The van der Waals surface area contributed by atoms with Gasteiger partial charge >= 0.3 is 11.9 Å². The van der Waals surface area contributed by atoms with Gasteiger partial charge in [-0.15, -0.1) is 0 Å². The van der Waals surface area contributed by atoms with Crippen molar-refractivity contribution in [1.29, 1.82) is 0 Å². The van der Waals surface area contributed by atoms with Crippen LogP contribution in [-0.4, -0.2) is 37.9 Å². The van der Waals surface area contributed by atoms with Gasteiger partial charge in [-0.2, -0.15) is 0 Å². The molecule has 0 heterocycles. The number of rotatable bonds is 42. The average Bonchev–Trinajstić information content (AvgIpc) is 3.20. The van der Waals surface area contributed by atoms with E-state index >= 15 is 0 Å². The third kappa shape index (κ3) is 44.1. The Bertz CT molecular complexity index is 1020. The summed E-state index contributed by atoms with van der Waals surface area (Å²) in [5.41, 5.74) is 0. The van der Waals surface area contributed by atoms with Gasteiger partial charge in [0.05, 0.1) is 6.61 Å². The molecule has 0 aliphatic carbocycles. The minimum atomic E-state index is -0.550. The Hall–Kier alpha value is -2.66. The maximum Gasteiger partial charge on any atom is 0.306 e. The van der Waals surface area contributed by atoms with Crippen molar-refractivity contribution >= 4 is 11.9 Å². The highest BCUT2D eigenvalue weighted by atomic mass is 16.6. The SMILES string of the molecule is CC/C=C\C/C=C\C/C=C\C/C=C\C/C=C\CCCCCC(=O)OCC(COCCCCCCCC/C=C\CCCCCC)OC(=O)CCCCCCCCC. The van der Waals surface area contributed by atoms with E-state index in [2.05, 4.69) is 93.7 Å². The first kappa shape index (κ1) is 53.3. The predicted octanol–water partition coefficient (Wildman–Crippen LogP) is 15.6. The highest BCUT2D eigenvalue weighted by Gasteiger charge is 2.17. The zero-order chi connectivity index (χ0) is 40.7. The van der Waals surface area contributed by atoms with Crippen LogP contribution in [0.25, 0.3) is 0 Å². The van der Waals surface area contributed by atoms with E-state index in [0.717, 1.165) is 89.9 Å². The van der Waals surface area contributed by atoms with Crippen molar-refractivity contribution in [1.82, 2.24) is 0 Å². The van der Waals surface area contributed by atoms with Gasteiger partial charge in [0, 0.05) is 19.4 Å². The zero-order valence-electron chi connectivity index (χ0n) is 36.9.